The lowest BCUT2D eigenvalue weighted by atomic mass is 10.0. The summed E-state index contributed by atoms with van der Waals surface area (Å²) in [5.41, 5.74) is 2.78. The first-order chi connectivity index (χ1) is 9.22. The van der Waals surface area contributed by atoms with Crippen LogP contribution in [0.25, 0.3) is 0 Å². The van der Waals surface area contributed by atoms with Crippen LogP contribution in [0.15, 0.2) is 24.3 Å². The first-order valence-corrected chi connectivity index (χ1v) is 7.25. The molecule has 1 N–H and O–H groups in total. The molecule has 19 heavy (non-hydrogen) atoms. The van der Waals surface area contributed by atoms with Crippen LogP contribution in [0.4, 0.5) is 5.69 Å². The first-order valence-electron chi connectivity index (χ1n) is 7.25. The van der Waals surface area contributed by atoms with Gasteiger partial charge in [-0.25, -0.2) is 0 Å². The van der Waals surface area contributed by atoms with Gasteiger partial charge >= 0.3 is 0 Å². The summed E-state index contributed by atoms with van der Waals surface area (Å²) in [6.45, 7) is 9.64. The van der Waals surface area contributed by atoms with Crippen molar-refractivity contribution in [3.8, 4) is 0 Å². The minimum Gasteiger partial charge on any atom is -0.383 e. The second kappa shape index (κ2) is 6.92. The van der Waals surface area contributed by atoms with Crippen molar-refractivity contribution in [3.05, 3.63) is 29.8 Å². The van der Waals surface area contributed by atoms with Gasteiger partial charge in [0.25, 0.3) is 0 Å². The third-order valence-electron chi connectivity index (χ3n) is 4.12. The largest absolute Gasteiger partial charge is 0.383 e. The van der Waals surface area contributed by atoms with Crippen LogP contribution in [0.1, 0.15) is 19.4 Å². The van der Waals surface area contributed by atoms with Crippen LogP contribution in [-0.4, -0.2) is 33.4 Å². The highest BCUT2D eigenvalue weighted by atomic mass is 16.5. The Kier molecular flexibility index (Phi) is 5.23. The molecule has 1 aromatic carbocycles. The summed E-state index contributed by atoms with van der Waals surface area (Å²) in [5, 5.41) is 3.44. The van der Waals surface area contributed by atoms with E-state index in [2.05, 4.69) is 48.3 Å². The quantitative estimate of drug-likeness (QED) is 0.797. The summed E-state index contributed by atoms with van der Waals surface area (Å²) < 4.78 is 5.07. The number of rotatable bonds is 6. The van der Waals surface area contributed by atoms with Crippen LogP contribution in [0, 0.1) is 11.8 Å². The highest BCUT2D eigenvalue weighted by molar-refractivity contribution is 5.54. The third-order valence-corrected chi connectivity index (χ3v) is 4.12. The molecule has 0 aliphatic carbocycles. The Morgan fingerprint density at radius 1 is 1.21 bits per heavy atom. The Morgan fingerprint density at radius 3 is 2.58 bits per heavy atom. The molecule has 1 aromatic rings. The van der Waals surface area contributed by atoms with E-state index in [0.29, 0.717) is 0 Å². The van der Waals surface area contributed by atoms with Gasteiger partial charge in [-0.15, -0.1) is 0 Å². The fourth-order valence-electron chi connectivity index (χ4n) is 2.69. The molecule has 106 valence electrons. The number of anilines is 1. The number of benzene rings is 1. The number of hydrogen-bond acceptors (Lipinski definition) is 3. The Morgan fingerprint density at radius 2 is 1.89 bits per heavy atom. The number of nitrogens with one attached hydrogen (secondary N) is 1. The van der Waals surface area contributed by atoms with Crippen LogP contribution in [0.3, 0.4) is 0 Å². The molecule has 0 spiro atoms. The molecule has 3 nitrogen and oxygen atoms in total. The standard InChI is InChI=1S/C16H26N2O/c1-13-11-18(12-14(13)2)16-7-5-4-6-15(16)10-17-8-9-19-3/h4-7,13-14,17H,8-12H2,1-3H3. The van der Waals surface area contributed by atoms with Gasteiger partial charge in [0, 0.05) is 39.0 Å². The zero-order chi connectivity index (χ0) is 13.7. The molecule has 0 aromatic heterocycles. The van der Waals surface area contributed by atoms with E-state index < -0.39 is 0 Å². The van der Waals surface area contributed by atoms with Gasteiger partial charge in [0.15, 0.2) is 0 Å². The Hall–Kier alpha value is -1.06. The van der Waals surface area contributed by atoms with Gasteiger partial charge in [-0.1, -0.05) is 32.0 Å². The van der Waals surface area contributed by atoms with E-state index in [1.54, 1.807) is 7.11 Å². The number of methoxy groups -OCH3 is 1. The Balaban J connectivity index is 2.00. The van der Waals surface area contributed by atoms with E-state index in [9.17, 15) is 0 Å². The lowest BCUT2D eigenvalue weighted by molar-refractivity contribution is 0.199. The van der Waals surface area contributed by atoms with E-state index >= 15 is 0 Å². The van der Waals surface area contributed by atoms with Gasteiger partial charge in [-0.05, 0) is 23.5 Å². The SMILES string of the molecule is COCCNCc1ccccc1N1CC(C)C(C)C1. The van der Waals surface area contributed by atoms with Gasteiger partial charge < -0.3 is 15.0 Å². The highest BCUT2D eigenvalue weighted by Crippen LogP contribution is 2.29. The van der Waals surface area contributed by atoms with Crippen LogP contribution < -0.4 is 10.2 Å². The van der Waals surface area contributed by atoms with Crippen molar-refractivity contribution in [1.29, 1.82) is 0 Å². The molecule has 1 heterocycles. The molecule has 2 atom stereocenters. The molecule has 3 heteroatoms. The van der Waals surface area contributed by atoms with Crippen LogP contribution in [0.2, 0.25) is 0 Å². The van der Waals surface area contributed by atoms with Crippen molar-refractivity contribution in [2.75, 3.05) is 38.3 Å². The average molecular weight is 262 g/mol. The Bertz CT molecular complexity index is 384. The average Bonchev–Trinajstić information content (AvgIpc) is 2.75. The van der Waals surface area contributed by atoms with Gasteiger partial charge in [-0.2, -0.15) is 0 Å². The molecule has 0 bridgehead atoms. The molecule has 2 rings (SSSR count). The van der Waals surface area contributed by atoms with Crippen molar-refractivity contribution in [1.82, 2.24) is 5.32 Å². The topological polar surface area (TPSA) is 24.5 Å². The number of nitrogens with zero attached hydrogens (tertiary/aromatic N) is 1. The molecule has 0 saturated carbocycles. The smallest absolute Gasteiger partial charge is 0.0587 e. The monoisotopic (exact) mass is 262 g/mol. The predicted molar refractivity (Wildman–Crippen MR) is 80.6 cm³/mol. The zero-order valence-corrected chi connectivity index (χ0v) is 12.4. The molecule has 1 aliphatic heterocycles. The summed E-state index contributed by atoms with van der Waals surface area (Å²) >= 11 is 0. The van der Waals surface area contributed by atoms with Crippen molar-refractivity contribution in [2.24, 2.45) is 11.8 Å². The first kappa shape index (κ1) is 14.4. The van der Waals surface area contributed by atoms with Gasteiger partial charge in [0.05, 0.1) is 6.61 Å². The third kappa shape index (κ3) is 3.71. The zero-order valence-electron chi connectivity index (χ0n) is 12.4. The normalized spacial score (nSPS) is 23.0. The van der Waals surface area contributed by atoms with Gasteiger partial charge in [0.2, 0.25) is 0 Å². The Labute approximate surface area is 116 Å². The van der Waals surface area contributed by atoms with Crippen molar-refractivity contribution >= 4 is 5.69 Å². The fraction of sp³-hybridized carbons (Fsp3) is 0.625. The molecular formula is C16H26N2O. The fourth-order valence-corrected chi connectivity index (χ4v) is 2.69. The van der Waals surface area contributed by atoms with Crippen molar-refractivity contribution in [3.63, 3.8) is 0 Å². The summed E-state index contributed by atoms with van der Waals surface area (Å²) in [5.74, 6) is 1.57. The molecule has 0 amide bonds. The van der Waals surface area contributed by atoms with E-state index in [0.717, 1.165) is 31.5 Å². The van der Waals surface area contributed by atoms with Crippen LogP contribution >= 0.6 is 0 Å². The maximum absolute atomic E-state index is 5.07. The van der Waals surface area contributed by atoms with E-state index in [-0.39, 0.29) is 0 Å². The second-order valence-corrected chi connectivity index (χ2v) is 5.66. The summed E-state index contributed by atoms with van der Waals surface area (Å²) in [4.78, 5) is 2.53. The second-order valence-electron chi connectivity index (χ2n) is 5.66. The number of ether oxygens (including phenoxy) is 1. The summed E-state index contributed by atoms with van der Waals surface area (Å²) in [6, 6.07) is 8.74. The lowest BCUT2D eigenvalue weighted by Crippen LogP contribution is -2.24. The molecule has 2 unspecified atom stereocenters. The van der Waals surface area contributed by atoms with Gasteiger partial charge in [-0.3, -0.25) is 0 Å². The predicted octanol–water partition coefficient (Wildman–Crippen LogP) is 2.51. The minimum absolute atomic E-state index is 0.764. The maximum atomic E-state index is 5.07. The molecule has 1 aliphatic rings. The van der Waals surface area contributed by atoms with E-state index in [1.165, 1.54) is 24.3 Å². The minimum atomic E-state index is 0.764. The van der Waals surface area contributed by atoms with E-state index in [4.69, 9.17) is 4.74 Å². The molecule has 1 fully saturated rings. The number of hydrogen-bond donors (Lipinski definition) is 1. The van der Waals surface area contributed by atoms with E-state index in [1.807, 2.05) is 0 Å². The summed E-state index contributed by atoms with van der Waals surface area (Å²) in [7, 11) is 1.74. The van der Waals surface area contributed by atoms with Crippen LogP contribution in [0.5, 0.6) is 0 Å². The van der Waals surface area contributed by atoms with Crippen molar-refractivity contribution in [2.45, 2.75) is 20.4 Å². The summed E-state index contributed by atoms with van der Waals surface area (Å²) in [6.07, 6.45) is 0. The van der Waals surface area contributed by atoms with Crippen molar-refractivity contribution < 1.29 is 4.74 Å². The highest BCUT2D eigenvalue weighted by Gasteiger charge is 2.26. The van der Waals surface area contributed by atoms with Gasteiger partial charge in [0.1, 0.15) is 0 Å². The molecular weight excluding hydrogens is 236 g/mol. The van der Waals surface area contributed by atoms with Crippen LogP contribution in [-0.2, 0) is 11.3 Å². The molecule has 1 saturated heterocycles. The molecule has 0 radical (unpaired) electrons. The maximum Gasteiger partial charge on any atom is 0.0587 e. The lowest BCUT2D eigenvalue weighted by Gasteiger charge is -2.22. The number of para-hydroxylation sites is 1.